The minimum absolute atomic E-state index is 0.0138. The summed E-state index contributed by atoms with van der Waals surface area (Å²) in [5, 5.41) is 9.55. The molecule has 0 aromatic heterocycles. The van der Waals surface area contributed by atoms with E-state index in [1.807, 2.05) is 56.1 Å². The third-order valence-corrected chi connectivity index (χ3v) is 14.7. The summed E-state index contributed by atoms with van der Waals surface area (Å²) < 4.78 is 142. The number of ether oxygens (including phenoxy) is 11. The number of carbonyl (C=O) groups is 2. The highest BCUT2D eigenvalue weighted by molar-refractivity contribution is 7.89. The summed E-state index contributed by atoms with van der Waals surface area (Å²) in [5.74, 6) is -9.36. The van der Waals surface area contributed by atoms with Crippen LogP contribution in [0.3, 0.4) is 0 Å². The van der Waals surface area contributed by atoms with Crippen molar-refractivity contribution in [1.82, 2.24) is 14.1 Å². The second kappa shape index (κ2) is 38.9. The van der Waals surface area contributed by atoms with E-state index in [-0.39, 0.29) is 75.3 Å². The fraction of sp³-hybridized carbons (Fsp3) is 0.603. The molecule has 2 heterocycles. The summed E-state index contributed by atoms with van der Waals surface area (Å²) in [6.07, 6.45) is 3.36. The van der Waals surface area contributed by atoms with E-state index in [0.29, 0.717) is 149 Å². The molecule has 0 atom stereocenters. The van der Waals surface area contributed by atoms with Gasteiger partial charge in [-0.05, 0) is 60.9 Å². The van der Waals surface area contributed by atoms with Gasteiger partial charge in [-0.2, -0.15) is 13.1 Å². The molecule has 26 heteroatoms. The Balaban J connectivity index is 0.841. The van der Waals surface area contributed by atoms with E-state index in [0.717, 1.165) is 35.1 Å². The molecular weight excluding hydrogens is 1130 g/mol. The Morgan fingerprint density at radius 2 is 1.13 bits per heavy atom. The highest BCUT2D eigenvalue weighted by atomic mass is 32.2. The highest BCUT2D eigenvalue weighted by Crippen LogP contribution is 2.36. The normalized spacial score (nSPS) is 13.9. The number of fused-ring (bicyclic) bond motifs is 1. The lowest BCUT2D eigenvalue weighted by Crippen LogP contribution is -2.51. The van der Waals surface area contributed by atoms with Crippen LogP contribution < -0.4 is 10.5 Å². The molecule has 0 unspecified atom stereocenters. The quantitative estimate of drug-likeness (QED) is 0.0232. The van der Waals surface area contributed by atoms with Crippen molar-refractivity contribution in [3.8, 4) is 16.9 Å². The largest absolute Gasteiger partial charge is 0.420 e. The molecule has 2 aliphatic heterocycles. The van der Waals surface area contributed by atoms with E-state index >= 15 is 0 Å². The second-order valence-corrected chi connectivity index (χ2v) is 21.5. The average molecular weight is 1210 g/mol. The molecule has 5 rings (SSSR count). The third-order valence-electron chi connectivity index (χ3n) is 12.9. The van der Waals surface area contributed by atoms with Crippen LogP contribution in [0.4, 0.5) is 23.2 Å². The van der Waals surface area contributed by atoms with Crippen molar-refractivity contribution >= 4 is 39.5 Å². The Hall–Kier alpha value is -5.04. The van der Waals surface area contributed by atoms with Gasteiger partial charge in [0.05, 0.1) is 149 Å². The van der Waals surface area contributed by atoms with Gasteiger partial charge in [0.15, 0.2) is 11.6 Å². The first-order valence-corrected chi connectivity index (χ1v) is 29.8. The van der Waals surface area contributed by atoms with Crippen molar-refractivity contribution in [2.24, 2.45) is 16.6 Å². The van der Waals surface area contributed by atoms with Gasteiger partial charge >= 0.3 is 5.97 Å². The standard InChI is InChI=1S/C58H83F4N5O16S/c1-4-11-66(12-5-2)58(70)47-34-45-7-6-44(35-52(45)64-53(63)36-47)49-37-48(84(71,72)67-39-43(40-67)42-68)9-8-46(49)41-65(3)13-15-74-17-19-76-21-23-78-25-27-80-29-31-82-33-32-81-30-28-79-26-24-77-22-20-75-18-16-73-14-10-54(69)83-57-55(61)50(59)38-51(60)56(57)62/h6-9,34-35,37-38,43,68H,4-5,10-33,36,39-42H2,1-3H3,(H2,63,64). The topological polar surface area (TPSA) is 238 Å². The summed E-state index contributed by atoms with van der Waals surface area (Å²) in [7, 11) is -1.84. The third kappa shape index (κ3) is 24.0. The minimum atomic E-state index is -3.81. The van der Waals surface area contributed by atoms with Crippen LogP contribution in [-0.4, -0.2) is 224 Å². The van der Waals surface area contributed by atoms with Crippen LogP contribution in [-0.2, 0) is 73.5 Å². The van der Waals surface area contributed by atoms with E-state index in [1.165, 1.54) is 4.31 Å². The number of benzene rings is 3. The minimum Gasteiger partial charge on any atom is -0.420 e. The smallest absolute Gasteiger partial charge is 0.313 e. The van der Waals surface area contributed by atoms with Crippen LogP contribution in [0.5, 0.6) is 5.75 Å². The van der Waals surface area contributed by atoms with Gasteiger partial charge in [0.1, 0.15) is 5.84 Å². The fourth-order valence-corrected chi connectivity index (χ4v) is 10.1. The van der Waals surface area contributed by atoms with Crippen LogP contribution in [0.2, 0.25) is 0 Å². The summed E-state index contributed by atoms with van der Waals surface area (Å²) in [6.45, 7) is 13.7. The number of amidine groups is 1. The predicted molar refractivity (Wildman–Crippen MR) is 303 cm³/mol. The maximum absolute atomic E-state index is 13.7. The number of sulfonamides is 1. The number of nitrogens with zero attached hydrogens (tertiary/aromatic N) is 4. The molecule has 84 heavy (non-hydrogen) atoms. The maximum atomic E-state index is 13.7. The summed E-state index contributed by atoms with van der Waals surface area (Å²) in [6, 6.07) is 10.9. The number of nitrogens with two attached hydrogens (primary N) is 1. The molecule has 3 N–H and O–H groups in total. The van der Waals surface area contributed by atoms with Crippen LogP contribution in [0, 0.1) is 29.2 Å². The molecule has 0 bridgehead atoms. The van der Waals surface area contributed by atoms with Gasteiger partial charge in [0.2, 0.25) is 33.3 Å². The van der Waals surface area contributed by atoms with Crippen molar-refractivity contribution in [2.45, 2.75) is 51.0 Å². The lowest BCUT2D eigenvalue weighted by atomic mass is 9.96. The summed E-state index contributed by atoms with van der Waals surface area (Å²) in [4.78, 5) is 34.2. The Bertz CT molecular complexity index is 2620. The number of aliphatic hydroxyl groups is 1. The zero-order valence-electron chi connectivity index (χ0n) is 48.5. The van der Waals surface area contributed by atoms with Crippen molar-refractivity contribution in [2.75, 3.05) is 179 Å². The van der Waals surface area contributed by atoms with Crippen LogP contribution in [0.25, 0.3) is 17.2 Å². The van der Waals surface area contributed by atoms with Gasteiger partial charge < -0.3 is 67.8 Å². The molecule has 3 aromatic rings. The number of likely N-dealkylation sites (N-methyl/N-ethyl adjacent to an activating group) is 1. The van der Waals surface area contributed by atoms with Crippen molar-refractivity contribution < 1.29 is 92.8 Å². The first-order valence-electron chi connectivity index (χ1n) is 28.4. The van der Waals surface area contributed by atoms with Gasteiger partial charge in [-0.3, -0.25) is 14.5 Å². The number of amides is 1. The summed E-state index contributed by atoms with van der Waals surface area (Å²) >= 11 is 0. The molecule has 0 radical (unpaired) electrons. The number of aliphatic imine (C=N–C) groups is 1. The van der Waals surface area contributed by atoms with E-state index < -0.39 is 51.4 Å². The number of aliphatic hydroxyl groups excluding tert-OH is 1. The molecule has 0 aliphatic carbocycles. The number of rotatable bonds is 45. The Labute approximate surface area is 490 Å². The van der Waals surface area contributed by atoms with Gasteiger partial charge in [-0.25, -0.2) is 22.2 Å². The van der Waals surface area contributed by atoms with E-state index in [2.05, 4.69) is 9.64 Å². The van der Waals surface area contributed by atoms with E-state index in [9.17, 15) is 40.7 Å². The number of hydrogen-bond donors (Lipinski definition) is 2. The van der Waals surface area contributed by atoms with Crippen LogP contribution >= 0.6 is 0 Å². The predicted octanol–water partition coefficient (Wildman–Crippen LogP) is 5.54. The van der Waals surface area contributed by atoms with Crippen LogP contribution in [0.15, 0.2) is 57.9 Å². The number of halogens is 4. The highest BCUT2D eigenvalue weighted by Gasteiger charge is 2.36. The molecule has 0 spiro atoms. The number of carbonyl (C=O) groups excluding carboxylic acids is 2. The van der Waals surface area contributed by atoms with E-state index in [1.54, 1.807) is 12.1 Å². The first-order chi connectivity index (χ1) is 40.7. The molecule has 0 saturated carbocycles. The molecule has 1 fully saturated rings. The molecule has 2 aliphatic rings. The van der Waals surface area contributed by atoms with Crippen molar-refractivity contribution in [1.29, 1.82) is 0 Å². The monoisotopic (exact) mass is 1210 g/mol. The Morgan fingerprint density at radius 3 is 1.61 bits per heavy atom. The molecule has 21 nitrogen and oxygen atoms in total. The summed E-state index contributed by atoms with van der Waals surface area (Å²) in [5.41, 5.74) is 10.7. The first kappa shape index (κ1) is 69.7. The fourth-order valence-electron chi connectivity index (χ4n) is 8.49. The molecule has 470 valence electrons. The number of esters is 1. The van der Waals surface area contributed by atoms with Crippen LogP contribution in [0.1, 0.15) is 50.7 Å². The van der Waals surface area contributed by atoms with Crippen molar-refractivity contribution in [3.63, 3.8) is 0 Å². The molecule has 3 aromatic carbocycles. The zero-order chi connectivity index (χ0) is 60.5. The van der Waals surface area contributed by atoms with Gasteiger partial charge in [0.25, 0.3) is 0 Å². The van der Waals surface area contributed by atoms with Gasteiger partial charge in [-0.1, -0.05) is 32.0 Å². The lowest BCUT2D eigenvalue weighted by molar-refractivity contribution is -0.136. The molecule has 1 saturated heterocycles. The second-order valence-electron chi connectivity index (χ2n) is 19.6. The number of hydrogen-bond acceptors (Lipinski definition) is 19. The zero-order valence-corrected chi connectivity index (χ0v) is 49.3. The molecule has 1 amide bonds. The Morgan fingerprint density at radius 1 is 0.655 bits per heavy atom. The average Bonchev–Trinajstić information content (AvgIpc) is 1.89. The van der Waals surface area contributed by atoms with Gasteiger partial charge in [-0.15, -0.1) is 0 Å². The SMILES string of the molecule is CCCN(CCC)C(=O)C1=Cc2ccc(-c3cc(S(=O)(=O)N4CC(CO)C4)ccc3CN(C)CCOCCOCCOCCOCCOCCOCCOCCOCCOCCOCCC(=O)Oc3c(F)c(F)cc(F)c3F)cc2N=C(N)C1. The van der Waals surface area contributed by atoms with Crippen molar-refractivity contribution in [3.05, 3.63) is 82.4 Å². The lowest BCUT2D eigenvalue weighted by Gasteiger charge is -2.37. The van der Waals surface area contributed by atoms with Gasteiger partial charge in [0, 0.05) is 75.4 Å². The maximum Gasteiger partial charge on any atom is 0.313 e. The Kier molecular flexibility index (Phi) is 32.3. The molecular formula is C58H83F4N5O16S. The van der Waals surface area contributed by atoms with E-state index in [4.69, 9.17) is 58.1 Å².